The highest BCUT2D eigenvalue weighted by molar-refractivity contribution is 9.10. The molecule has 0 bridgehead atoms. The van der Waals surface area contributed by atoms with E-state index in [9.17, 15) is 4.79 Å². The van der Waals surface area contributed by atoms with Crippen LogP contribution in [0.2, 0.25) is 0 Å². The van der Waals surface area contributed by atoms with Gasteiger partial charge in [-0.05, 0) is 41.1 Å². The molecular formula is C12H12BrN3O2. The van der Waals surface area contributed by atoms with Gasteiger partial charge in [0.2, 0.25) is 0 Å². The molecule has 0 atom stereocenters. The molecule has 5 nitrogen and oxygen atoms in total. The van der Waals surface area contributed by atoms with Crippen molar-refractivity contribution < 1.29 is 9.53 Å². The molecule has 0 aliphatic rings. The van der Waals surface area contributed by atoms with Crippen molar-refractivity contribution in [3.05, 3.63) is 40.6 Å². The van der Waals surface area contributed by atoms with Crippen LogP contribution in [0.5, 0.6) is 0 Å². The summed E-state index contributed by atoms with van der Waals surface area (Å²) in [6.07, 6.45) is 3.41. The number of benzene rings is 1. The second-order valence-corrected chi connectivity index (χ2v) is 4.51. The van der Waals surface area contributed by atoms with Gasteiger partial charge in [0, 0.05) is 6.20 Å². The third-order valence-electron chi connectivity index (χ3n) is 2.34. The van der Waals surface area contributed by atoms with Crippen molar-refractivity contribution in [3.63, 3.8) is 0 Å². The summed E-state index contributed by atoms with van der Waals surface area (Å²) in [4.78, 5) is 11.6. The molecular weight excluding hydrogens is 298 g/mol. The van der Waals surface area contributed by atoms with Crippen molar-refractivity contribution in [2.24, 2.45) is 0 Å². The van der Waals surface area contributed by atoms with Gasteiger partial charge in [-0.1, -0.05) is 0 Å². The van der Waals surface area contributed by atoms with Crippen molar-refractivity contribution in [1.29, 1.82) is 0 Å². The number of hydrogen-bond donors (Lipinski definition) is 1. The average Bonchev–Trinajstić information content (AvgIpc) is 2.76. The summed E-state index contributed by atoms with van der Waals surface area (Å²) >= 11 is 3.31. The summed E-state index contributed by atoms with van der Waals surface area (Å²) in [5, 5.41) is 4.13. The molecule has 1 aromatic heterocycles. The molecule has 2 N–H and O–H groups in total. The summed E-state index contributed by atoms with van der Waals surface area (Å²) in [6, 6.07) is 4.96. The molecule has 2 aromatic rings. The summed E-state index contributed by atoms with van der Waals surface area (Å²) < 4.78 is 7.38. The lowest BCUT2D eigenvalue weighted by atomic mass is 10.2. The van der Waals surface area contributed by atoms with E-state index in [1.807, 2.05) is 0 Å². The number of aromatic nitrogens is 2. The van der Waals surface area contributed by atoms with Crippen LogP contribution in [0.15, 0.2) is 35.1 Å². The zero-order valence-electron chi connectivity index (χ0n) is 9.76. The normalized spacial score (nSPS) is 10.3. The zero-order valence-corrected chi connectivity index (χ0v) is 11.3. The monoisotopic (exact) mass is 309 g/mol. The molecule has 0 aliphatic heterocycles. The van der Waals surface area contributed by atoms with Crippen molar-refractivity contribution >= 4 is 27.6 Å². The van der Waals surface area contributed by atoms with Crippen molar-refractivity contribution in [2.75, 3.05) is 12.3 Å². The van der Waals surface area contributed by atoms with Gasteiger partial charge >= 0.3 is 5.97 Å². The molecule has 0 spiro atoms. The second kappa shape index (κ2) is 5.22. The number of rotatable bonds is 3. The van der Waals surface area contributed by atoms with E-state index in [0.717, 1.165) is 4.47 Å². The van der Waals surface area contributed by atoms with E-state index in [-0.39, 0.29) is 5.97 Å². The van der Waals surface area contributed by atoms with Crippen LogP contribution in [0, 0.1) is 0 Å². The number of nitrogens with zero attached hydrogens (tertiary/aromatic N) is 2. The molecule has 0 saturated carbocycles. The number of nitrogens with two attached hydrogens (primary N) is 1. The van der Waals surface area contributed by atoms with Crippen molar-refractivity contribution in [1.82, 2.24) is 9.78 Å². The number of ether oxygens (including phenoxy) is 1. The minimum absolute atomic E-state index is 0.339. The van der Waals surface area contributed by atoms with Gasteiger partial charge in [0.25, 0.3) is 0 Å². The predicted octanol–water partition coefficient (Wildman–Crippen LogP) is 2.39. The first-order valence-electron chi connectivity index (χ1n) is 5.39. The van der Waals surface area contributed by atoms with Gasteiger partial charge in [-0.15, -0.1) is 0 Å². The Bertz CT molecular complexity index is 580. The van der Waals surface area contributed by atoms with Crippen LogP contribution in [-0.4, -0.2) is 22.4 Å². The van der Waals surface area contributed by atoms with Crippen LogP contribution < -0.4 is 5.73 Å². The van der Waals surface area contributed by atoms with Gasteiger partial charge in [0.1, 0.15) is 0 Å². The Kier molecular flexibility index (Phi) is 3.66. The van der Waals surface area contributed by atoms with Gasteiger partial charge in [-0.3, -0.25) is 0 Å². The van der Waals surface area contributed by atoms with E-state index >= 15 is 0 Å². The fourth-order valence-electron chi connectivity index (χ4n) is 1.52. The van der Waals surface area contributed by atoms with Crippen LogP contribution in [0.3, 0.4) is 0 Å². The number of esters is 1. The number of halogens is 1. The van der Waals surface area contributed by atoms with Crippen molar-refractivity contribution in [3.8, 4) is 5.69 Å². The summed E-state index contributed by atoms with van der Waals surface area (Å²) in [6.45, 7) is 2.10. The zero-order chi connectivity index (χ0) is 13.1. The molecule has 0 saturated heterocycles. The Morgan fingerprint density at radius 1 is 1.56 bits per heavy atom. The molecule has 1 aromatic carbocycles. The number of nitrogen functional groups attached to an aromatic ring is 1. The minimum Gasteiger partial charge on any atom is -0.462 e. The molecule has 0 aliphatic carbocycles. The fraction of sp³-hybridized carbons (Fsp3) is 0.167. The van der Waals surface area contributed by atoms with E-state index in [1.165, 1.54) is 0 Å². The Morgan fingerprint density at radius 2 is 2.33 bits per heavy atom. The maximum atomic E-state index is 11.6. The topological polar surface area (TPSA) is 70.1 Å². The van der Waals surface area contributed by atoms with Crippen LogP contribution in [0.4, 0.5) is 5.69 Å². The summed E-state index contributed by atoms with van der Waals surface area (Å²) in [5.41, 5.74) is 7.51. The third-order valence-corrected chi connectivity index (χ3v) is 2.75. The van der Waals surface area contributed by atoms with E-state index < -0.39 is 0 Å². The number of carbonyl (C=O) groups excluding carboxylic acids is 1. The SMILES string of the molecule is CCOC(=O)c1ccc(N)c(-n2cc(Br)cn2)c1. The highest BCUT2D eigenvalue weighted by Gasteiger charge is 2.11. The first kappa shape index (κ1) is 12.6. The molecule has 0 radical (unpaired) electrons. The van der Waals surface area contributed by atoms with Crippen molar-refractivity contribution in [2.45, 2.75) is 6.92 Å². The number of anilines is 1. The smallest absolute Gasteiger partial charge is 0.338 e. The Balaban J connectivity index is 2.41. The number of carbonyl (C=O) groups is 1. The summed E-state index contributed by atoms with van der Waals surface area (Å²) in [7, 11) is 0. The van der Waals surface area contributed by atoms with Gasteiger partial charge in [-0.2, -0.15) is 5.10 Å². The molecule has 94 valence electrons. The first-order chi connectivity index (χ1) is 8.61. The van der Waals surface area contributed by atoms with E-state index in [0.29, 0.717) is 23.5 Å². The van der Waals surface area contributed by atoms with Crippen LogP contribution in [0.1, 0.15) is 17.3 Å². The standard InChI is InChI=1S/C12H12BrN3O2/c1-2-18-12(17)8-3-4-10(14)11(5-8)16-7-9(13)6-15-16/h3-7H,2,14H2,1H3. The lowest BCUT2D eigenvalue weighted by Crippen LogP contribution is -2.07. The third kappa shape index (κ3) is 2.53. The molecule has 0 amide bonds. The van der Waals surface area contributed by atoms with Gasteiger partial charge in [0.15, 0.2) is 0 Å². The maximum absolute atomic E-state index is 11.6. The van der Waals surface area contributed by atoms with E-state index in [4.69, 9.17) is 10.5 Å². The molecule has 0 unspecified atom stereocenters. The molecule has 18 heavy (non-hydrogen) atoms. The second-order valence-electron chi connectivity index (χ2n) is 3.60. The molecule has 2 rings (SSSR count). The highest BCUT2D eigenvalue weighted by Crippen LogP contribution is 2.20. The van der Waals surface area contributed by atoms with Crippen LogP contribution in [0.25, 0.3) is 5.69 Å². The Labute approximate surface area is 113 Å². The quantitative estimate of drug-likeness (QED) is 0.698. The highest BCUT2D eigenvalue weighted by atomic mass is 79.9. The molecule has 1 heterocycles. The molecule has 6 heteroatoms. The van der Waals surface area contributed by atoms with Gasteiger partial charge in [-0.25, -0.2) is 9.48 Å². The predicted molar refractivity (Wildman–Crippen MR) is 71.6 cm³/mol. The minimum atomic E-state index is -0.370. The lowest BCUT2D eigenvalue weighted by Gasteiger charge is -2.08. The largest absolute Gasteiger partial charge is 0.462 e. The molecule has 0 fully saturated rings. The Morgan fingerprint density at radius 3 is 2.94 bits per heavy atom. The van der Waals surface area contributed by atoms with Gasteiger partial charge < -0.3 is 10.5 Å². The first-order valence-corrected chi connectivity index (χ1v) is 6.18. The van der Waals surface area contributed by atoms with E-state index in [1.54, 1.807) is 42.2 Å². The Hall–Kier alpha value is -1.82. The van der Waals surface area contributed by atoms with Gasteiger partial charge in [0.05, 0.1) is 34.2 Å². The average molecular weight is 310 g/mol. The van der Waals surface area contributed by atoms with Crippen LogP contribution >= 0.6 is 15.9 Å². The van der Waals surface area contributed by atoms with Crippen LogP contribution in [-0.2, 0) is 4.74 Å². The maximum Gasteiger partial charge on any atom is 0.338 e. The lowest BCUT2D eigenvalue weighted by molar-refractivity contribution is 0.0526. The fourth-order valence-corrected chi connectivity index (χ4v) is 1.80. The summed E-state index contributed by atoms with van der Waals surface area (Å²) in [5.74, 6) is -0.370. The number of hydrogen-bond acceptors (Lipinski definition) is 4. The van der Waals surface area contributed by atoms with E-state index in [2.05, 4.69) is 21.0 Å².